The number of nitrogen functional groups attached to an aromatic ring is 1. The first-order chi connectivity index (χ1) is 9.78. The monoisotopic (exact) mass is 287 g/mol. The fourth-order valence-electron chi connectivity index (χ4n) is 2.98. The summed E-state index contributed by atoms with van der Waals surface area (Å²) in [7, 11) is 0. The average Bonchev–Trinajstić information content (AvgIpc) is 2.90. The van der Waals surface area contributed by atoms with Crippen LogP contribution >= 0.6 is 11.8 Å². The highest BCUT2D eigenvalue weighted by molar-refractivity contribution is 7.99. The summed E-state index contributed by atoms with van der Waals surface area (Å²) >= 11 is 2.08. The predicted molar refractivity (Wildman–Crippen MR) is 89.3 cm³/mol. The van der Waals surface area contributed by atoms with Gasteiger partial charge in [-0.2, -0.15) is 11.8 Å². The van der Waals surface area contributed by atoms with Crippen molar-refractivity contribution in [2.24, 2.45) is 0 Å². The molecule has 2 aromatic rings. The molecule has 1 aliphatic carbocycles. The Morgan fingerprint density at radius 1 is 1.35 bits per heavy atom. The molecule has 0 radical (unpaired) electrons. The Morgan fingerprint density at radius 2 is 2.25 bits per heavy atom. The average molecular weight is 287 g/mol. The van der Waals surface area contributed by atoms with Gasteiger partial charge >= 0.3 is 0 Å². The molecule has 0 spiro atoms. The summed E-state index contributed by atoms with van der Waals surface area (Å²) in [5.41, 5.74) is 9.12. The molecule has 1 aromatic carbocycles. The Labute approximate surface area is 124 Å². The summed E-state index contributed by atoms with van der Waals surface area (Å²) in [6.07, 6.45) is 5.59. The third-order valence-electron chi connectivity index (χ3n) is 3.97. The highest BCUT2D eigenvalue weighted by Crippen LogP contribution is 2.34. The van der Waals surface area contributed by atoms with E-state index < -0.39 is 0 Å². The van der Waals surface area contributed by atoms with Crippen molar-refractivity contribution < 1.29 is 0 Å². The molecule has 2 atom stereocenters. The van der Waals surface area contributed by atoms with E-state index in [4.69, 9.17) is 5.73 Å². The number of anilines is 2. The van der Waals surface area contributed by atoms with Gasteiger partial charge in [-0.15, -0.1) is 0 Å². The van der Waals surface area contributed by atoms with Crippen LogP contribution in [0.5, 0.6) is 0 Å². The van der Waals surface area contributed by atoms with Crippen molar-refractivity contribution in [2.45, 2.75) is 37.5 Å². The van der Waals surface area contributed by atoms with Gasteiger partial charge in [0.25, 0.3) is 0 Å². The lowest BCUT2D eigenvalue weighted by molar-refractivity contribution is 0.757. The Bertz CT molecular complexity index is 599. The molecule has 106 valence electrons. The first kappa shape index (κ1) is 13.6. The van der Waals surface area contributed by atoms with Crippen LogP contribution in [0.2, 0.25) is 0 Å². The van der Waals surface area contributed by atoms with Crippen molar-refractivity contribution in [3.8, 4) is 0 Å². The van der Waals surface area contributed by atoms with Crippen molar-refractivity contribution in [3.05, 3.63) is 30.5 Å². The first-order valence-corrected chi connectivity index (χ1v) is 8.34. The van der Waals surface area contributed by atoms with Crippen LogP contribution in [0.1, 0.15) is 26.2 Å². The van der Waals surface area contributed by atoms with Gasteiger partial charge in [-0.1, -0.05) is 6.92 Å². The summed E-state index contributed by atoms with van der Waals surface area (Å²) < 4.78 is 0. The number of pyridine rings is 1. The molecular formula is C16H21N3S. The number of hydrogen-bond donors (Lipinski definition) is 2. The van der Waals surface area contributed by atoms with Crippen LogP contribution in [0.25, 0.3) is 10.9 Å². The minimum atomic E-state index is 0.551. The van der Waals surface area contributed by atoms with Crippen LogP contribution < -0.4 is 11.1 Å². The SMILES string of the molecule is CCSC1CCC(Nc2ccc3ncccc3c2N)C1. The maximum Gasteiger partial charge on any atom is 0.0724 e. The number of fused-ring (bicyclic) bond motifs is 1. The Kier molecular flexibility index (Phi) is 4.01. The second-order valence-electron chi connectivity index (χ2n) is 5.33. The number of aromatic nitrogens is 1. The highest BCUT2D eigenvalue weighted by Gasteiger charge is 2.24. The quantitative estimate of drug-likeness (QED) is 0.837. The molecule has 0 aliphatic heterocycles. The zero-order valence-electron chi connectivity index (χ0n) is 11.8. The second kappa shape index (κ2) is 5.92. The smallest absolute Gasteiger partial charge is 0.0724 e. The Morgan fingerprint density at radius 3 is 3.10 bits per heavy atom. The summed E-state index contributed by atoms with van der Waals surface area (Å²) in [5.74, 6) is 1.21. The van der Waals surface area contributed by atoms with Gasteiger partial charge in [0.05, 0.1) is 16.9 Å². The molecule has 4 heteroatoms. The summed E-state index contributed by atoms with van der Waals surface area (Å²) in [6, 6.07) is 8.63. The van der Waals surface area contributed by atoms with Crippen LogP contribution in [-0.2, 0) is 0 Å². The normalized spacial score (nSPS) is 22.2. The van der Waals surface area contributed by atoms with E-state index in [0.717, 1.165) is 27.5 Å². The second-order valence-corrected chi connectivity index (χ2v) is 6.91. The van der Waals surface area contributed by atoms with Gasteiger partial charge in [0.2, 0.25) is 0 Å². The number of nitrogens with zero attached hydrogens (tertiary/aromatic N) is 1. The largest absolute Gasteiger partial charge is 0.397 e. The molecule has 20 heavy (non-hydrogen) atoms. The fourth-order valence-corrected chi connectivity index (χ4v) is 4.12. The van der Waals surface area contributed by atoms with Crippen molar-refractivity contribution in [3.63, 3.8) is 0 Å². The van der Waals surface area contributed by atoms with Gasteiger partial charge in [0, 0.05) is 22.9 Å². The molecule has 1 aromatic heterocycles. The zero-order chi connectivity index (χ0) is 13.9. The minimum absolute atomic E-state index is 0.551. The highest BCUT2D eigenvalue weighted by atomic mass is 32.2. The number of benzene rings is 1. The molecule has 0 saturated heterocycles. The van der Waals surface area contributed by atoms with Crippen LogP contribution in [0.15, 0.2) is 30.5 Å². The van der Waals surface area contributed by atoms with Crippen molar-refractivity contribution in [2.75, 3.05) is 16.8 Å². The Balaban J connectivity index is 1.77. The molecule has 1 heterocycles. The van der Waals surface area contributed by atoms with E-state index in [1.54, 1.807) is 6.20 Å². The van der Waals surface area contributed by atoms with Crippen LogP contribution in [0, 0.1) is 0 Å². The van der Waals surface area contributed by atoms with Crippen molar-refractivity contribution >= 4 is 34.0 Å². The van der Waals surface area contributed by atoms with Crippen LogP contribution in [0.3, 0.4) is 0 Å². The predicted octanol–water partition coefficient (Wildman–Crippen LogP) is 3.90. The minimum Gasteiger partial charge on any atom is -0.397 e. The van der Waals surface area contributed by atoms with Crippen LogP contribution in [-0.4, -0.2) is 22.0 Å². The van der Waals surface area contributed by atoms with E-state index in [-0.39, 0.29) is 0 Å². The van der Waals surface area contributed by atoms with E-state index in [1.807, 2.05) is 18.2 Å². The lowest BCUT2D eigenvalue weighted by Crippen LogP contribution is -2.17. The van der Waals surface area contributed by atoms with E-state index in [9.17, 15) is 0 Å². The van der Waals surface area contributed by atoms with Gasteiger partial charge in [-0.25, -0.2) is 0 Å². The maximum atomic E-state index is 6.28. The summed E-state index contributed by atoms with van der Waals surface area (Å²) in [4.78, 5) is 4.34. The van der Waals surface area contributed by atoms with Gasteiger partial charge in [-0.3, -0.25) is 4.98 Å². The number of hydrogen-bond acceptors (Lipinski definition) is 4. The number of rotatable bonds is 4. The topological polar surface area (TPSA) is 50.9 Å². The van der Waals surface area contributed by atoms with Crippen LogP contribution in [0.4, 0.5) is 11.4 Å². The molecule has 2 unspecified atom stereocenters. The fraction of sp³-hybridized carbons (Fsp3) is 0.438. The molecule has 0 bridgehead atoms. The standard InChI is InChI=1S/C16H21N3S/c1-2-20-12-6-5-11(10-12)19-15-8-7-14-13(16(15)17)4-3-9-18-14/h3-4,7-9,11-12,19H,2,5-6,10,17H2,1H3. The number of nitrogens with two attached hydrogens (primary N) is 1. The summed E-state index contributed by atoms with van der Waals surface area (Å²) in [5, 5.41) is 5.47. The lowest BCUT2D eigenvalue weighted by Gasteiger charge is -2.17. The molecule has 3 rings (SSSR count). The van der Waals surface area contributed by atoms with E-state index >= 15 is 0 Å². The molecule has 1 saturated carbocycles. The molecule has 3 nitrogen and oxygen atoms in total. The molecule has 0 amide bonds. The van der Waals surface area contributed by atoms with Gasteiger partial charge < -0.3 is 11.1 Å². The third kappa shape index (κ3) is 2.70. The number of thioether (sulfide) groups is 1. The van der Waals surface area contributed by atoms with E-state index in [1.165, 1.54) is 25.0 Å². The molecule has 1 aliphatic rings. The summed E-state index contributed by atoms with van der Waals surface area (Å²) in [6.45, 7) is 2.24. The van der Waals surface area contributed by atoms with E-state index in [0.29, 0.717) is 6.04 Å². The Hall–Kier alpha value is -1.42. The number of nitrogens with one attached hydrogen (secondary N) is 1. The molecule has 3 N–H and O–H groups in total. The van der Waals surface area contributed by atoms with Gasteiger partial charge in [-0.05, 0) is 49.3 Å². The zero-order valence-corrected chi connectivity index (χ0v) is 12.6. The van der Waals surface area contributed by atoms with Gasteiger partial charge in [0.1, 0.15) is 0 Å². The maximum absolute atomic E-state index is 6.28. The van der Waals surface area contributed by atoms with Crippen molar-refractivity contribution in [1.29, 1.82) is 0 Å². The molecule has 1 fully saturated rings. The third-order valence-corrected chi connectivity index (χ3v) is 5.21. The lowest BCUT2D eigenvalue weighted by atomic mass is 10.1. The van der Waals surface area contributed by atoms with Gasteiger partial charge in [0.15, 0.2) is 0 Å². The first-order valence-electron chi connectivity index (χ1n) is 7.29. The van der Waals surface area contributed by atoms with Crippen molar-refractivity contribution in [1.82, 2.24) is 4.98 Å². The molecular weight excluding hydrogens is 266 g/mol. The van der Waals surface area contributed by atoms with E-state index in [2.05, 4.69) is 35.1 Å².